The van der Waals surface area contributed by atoms with Crippen LogP contribution in [0.15, 0.2) is 30.3 Å². The first-order valence-electron chi connectivity index (χ1n) is 8.98. The summed E-state index contributed by atoms with van der Waals surface area (Å²) < 4.78 is 4.76. The molecule has 11 nitrogen and oxygen atoms in total. The quantitative estimate of drug-likeness (QED) is 0.341. The standard InChI is InChI=1S/C18H23ClN6O5/c1-3-30-18(27)23-15-8-14(16(25(28)29)17(20)22-15)21-9-13(26)10-24(2)12-6-4-11(19)5-7-12/h4-8,13,26H,3,9-10H2,1-2H3,(H4,20,21,22,23,27). The molecule has 2 aromatic rings. The number of nitrogens with zero attached hydrogens (tertiary/aromatic N) is 3. The maximum Gasteiger partial charge on any atom is 0.412 e. The molecular weight excluding hydrogens is 416 g/mol. The summed E-state index contributed by atoms with van der Waals surface area (Å²) in [6.07, 6.45) is -1.64. The number of rotatable bonds is 9. The van der Waals surface area contributed by atoms with Crippen molar-refractivity contribution < 1.29 is 19.6 Å². The minimum atomic E-state index is -0.874. The van der Waals surface area contributed by atoms with E-state index in [1.807, 2.05) is 17.0 Å². The molecule has 12 heteroatoms. The minimum absolute atomic E-state index is 0.00694. The van der Waals surface area contributed by atoms with Gasteiger partial charge in [0.15, 0.2) is 0 Å². The van der Waals surface area contributed by atoms with Gasteiger partial charge in [0.25, 0.3) is 0 Å². The Balaban J connectivity index is 2.09. The van der Waals surface area contributed by atoms with Crippen LogP contribution in [0.4, 0.5) is 33.5 Å². The summed E-state index contributed by atoms with van der Waals surface area (Å²) in [6, 6.07) is 8.34. The van der Waals surface area contributed by atoms with E-state index >= 15 is 0 Å². The van der Waals surface area contributed by atoms with Gasteiger partial charge in [-0.1, -0.05) is 11.6 Å². The molecule has 1 amide bonds. The predicted molar refractivity (Wildman–Crippen MR) is 115 cm³/mol. The van der Waals surface area contributed by atoms with Crippen molar-refractivity contribution in [1.82, 2.24) is 4.98 Å². The van der Waals surface area contributed by atoms with E-state index in [-0.39, 0.29) is 37.0 Å². The monoisotopic (exact) mass is 438 g/mol. The smallest absolute Gasteiger partial charge is 0.412 e. The number of pyridine rings is 1. The van der Waals surface area contributed by atoms with Crippen LogP contribution in [-0.2, 0) is 4.74 Å². The predicted octanol–water partition coefficient (Wildman–Crippen LogP) is 2.70. The lowest BCUT2D eigenvalue weighted by molar-refractivity contribution is -0.383. The lowest BCUT2D eigenvalue weighted by atomic mass is 10.2. The van der Waals surface area contributed by atoms with Crippen LogP contribution in [0.3, 0.4) is 0 Å². The van der Waals surface area contributed by atoms with Gasteiger partial charge in [-0.25, -0.2) is 9.78 Å². The van der Waals surface area contributed by atoms with Gasteiger partial charge in [-0.15, -0.1) is 0 Å². The molecule has 0 saturated carbocycles. The fourth-order valence-electron chi connectivity index (χ4n) is 2.63. The minimum Gasteiger partial charge on any atom is -0.450 e. The van der Waals surface area contributed by atoms with E-state index in [1.165, 1.54) is 6.07 Å². The third-order valence-electron chi connectivity index (χ3n) is 3.99. The van der Waals surface area contributed by atoms with E-state index < -0.39 is 22.8 Å². The molecule has 0 fully saturated rings. The van der Waals surface area contributed by atoms with Gasteiger partial charge in [-0.2, -0.15) is 0 Å². The number of anilines is 4. The van der Waals surface area contributed by atoms with Gasteiger partial charge in [-0.3, -0.25) is 15.4 Å². The zero-order valence-corrected chi connectivity index (χ0v) is 17.2. The third-order valence-corrected chi connectivity index (χ3v) is 4.24. The van der Waals surface area contributed by atoms with Crippen molar-refractivity contribution in [3.63, 3.8) is 0 Å². The molecule has 1 unspecified atom stereocenters. The van der Waals surface area contributed by atoms with Crippen LogP contribution in [0.5, 0.6) is 0 Å². The van der Waals surface area contributed by atoms with Crippen LogP contribution in [0.25, 0.3) is 0 Å². The van der Waals surface area contributed by atoms with Crippen LogP contribution in [-0.4, -0.2) is 54.0 Å². The van der Waals surface area contributed by atoms with Gasteiger partial charge in [0.1, 0.15) is 11.5 Å². The SMILES string of the molecule is CCOC(=O)Nc1cc(NCC(O)CN(C)c2ccc(Cl)cc2)c([N+](=O)[O-])c(N)n1. The molecule has 1 aromatic heterocycles. The Morgan fingerprint density at radius 1 is 1.43 bits per heavy atom. The molecule has 0 spiro atoms. The van der Waals surface area contributed by atoms with Crippen LogP contribution in [0.1, 0.15) is 6.92 Å². The van der Waals surface area contributed by atoms with Gasteiger partial charge >= 0.3 is 11.8 Å². The first-order valence-corrected chi connectivity index (χ1v) is 9.36. The number of aliphatic hydroxyl groups is 1. The molecular formula is C18H23ClN6O5. The van der Waals surface area contributed by atoms with Crippen LogP contribution < -0.4 is 21.3 Å². The lowest BCUT2D eigenvalue weighted by Crippen LogP contribution is -2.33. The second-order valence-corrected chi connectivity index (χ2v) is 6.72. The van der Waals surface area contributed by atoms with Gasteiger partial charge in [0.05, 0.1) is 17.6 Å². The average Bonchev–Trinajstić information content (AvgIpc) is 2.66. The number of nitrogen functional groups attached to an aromatic ring is 1. The highest BCUT2D eigenvalue weighted by Gasteiger charge is 2.23. The fraction of sp³-hybridized carbons (Fsp3) is 0.333. The summed E-state index contributed by atoms with van der Waals surface area (Å²) in [7, 11) is 1.79. The van der Waals surface area contributed by atoms with Crippen molar-refractivity contribution in [2.45, 2.75) is 13.0 Å². The number of likely N-dealkylation sites (N-methyl/N-ethyl adjacent to an activating group) is 1. The van der Waals surface area contributed by atoms with E-state index in [9.17, 15) is 20.0 Å². The Morgan fingerprint density at radius 2 is 2.10 bits per heavy atom. The highest BCUT2D eigenvalue weighted by Crippen LogP contribution is 2.32. The van der Waals surface area contributed by atoms with Crippen molar-refractivity contribution in [2.24, 2.45) is 0 Å². The number of nitro groups is 1. The lowest BCUT2D eigenvalue weighted by Gasteiger charge is -2.23. The van der Waals surface area contributed by atoms with E-state index in [2.05, 4.69) is 15.6 Å². The number of ether oxygens (including phenoxy) is 1. The first kappa shape index (κ1) is 23.0. The van der Waals surface area contributed by atoms with Crippen molar-refractivity contribution >= 4 is 46.4 Å². The molecule has 0 saturated heterocycles. The number of nitrogens with two attached hydrogens (primary N) is 1. The number of nitrogens with one attached hydrogen (secondary N) is 2. The summed E-state index contributed by atoms with van der Waals surface area (Å²) in [5.74, 6) is -0.406. The van der Waals surface area contributed by atoms with E-state index in [1.54, 1.807) is 26.1 Å². The van der Waals surface area contributed by atoms with Gasteiger partial charge < -0.3 is 25.8 Å². The number of carbonyl (C=O) groups excluding carboxylic acids is 1. The summed E-state index contributed by atoms with van der Waals surface area (Å²) in [6.45, 7) is 2.01. The molecule has 5 N–H and O–H groups in total. The Hall–Kier alpha value is -3.31. The number of aliphatic hydroxyl groups excluding tert-OH is 1. The molecule has 0 radical (unpaired) electrons. The fourth-order valence-corrected chi connectivity index (χ4v) is 2.76. The van der Waals surface area contributed by atoms with Crippen molar-refractivity contribution in [3.05, 3.63) is 45.5 Å². The normalized spacial score (nSPS) is 11.5. The first-order chi connectivity index (χ1) is 14.2. The van der Waals surface area contributed by atoms with E-state index in [4.69, 9.17) is 22.1 Å². The van der Waals surface area contributed by atoms with Crippen LogP contribution in [0.2, 0.25) is 5.02 Å². The summed E-state index contributed by atoms with van der Waals surface area (Å²) in [5, 5.41) is 27.4. The van der Waals surface area contributed by atoms with Crippen molar-refractivity contribution in [3.8, 4) is 0 Å². The van der Waals surface area contributed by atoms with Gasteiger partial charge in [0, 0.05) is 36.9 Å². The second-order valence-electron chi connectivity index (χ2n) is 6.28. The summed E-state index contributed by atoms with van der Waals surface area (Å²) in [5.41, 5.74) is 6.08. The highest BCUT2D eigenvalue weighted by atomic mass is 35.5. The second kappa shape index (κ2) is 10.5. The maximum atomic E-state index is 11.6. The maximum absolute atomic E-state index is 11.6. The largest absolute Gasteiger partial charge is 0.450 e. The molecule has 30 heavy (non-hydrogen) atoms. The van der Waals surface area contributed by atoms with Crippen molar-refractivity contribution in [1.29, 1.82) is 0 Å². The molecule has 0 aliphatic heterocycles. The van der Waals surface area contributed by atoms with Gasteiger partial charge in [-0.05, 0) is 31.2 Å². The average molecular weight is 439 g/mol. The Kier molecular flexibility index (Phi) is 8.01. The number of amides is 1. The number of hydrogen-bond donors (Lipinski definition) is 4. The van der Waals surface area contributed by atoms with E-state index in [0.717, 1.165) is 5.69 Å². The molecule has 162 valence electrons. The molecule has 0 bridgehead atoms. The third kappa shape index (κ3) is 6.36. The molecule has 1 heterocycles. The molecule has 2 rings (SSSR count). The zero-order chi connectivity index (χ0) is 22.3. The molecule has 1 atom stereocenters. The Bertz CT molecular complexity index is 895. The topological polar surface area (TPSA) is 156 Å². The highest BCUT2D eigenvalue weighted by molar-refractivity contribution is 6.30. The van der Waals surface area contributed by atoms with E-state index in [0.29, 0.717) is 5.02 Å². The Labute approximate surface area is 177 Å². The van der Waals surface area contributed by atoms with Crippen molar-refractivity contribution in [2.75, 3.05) is 48.0 Å². The van der Waals surface area contributed by atoms with Crippen LogP contribution in [0, 0.1) is 10.1 Å². The van der Waals surface area contributed by atoms with Crippen LogP contribution >= 0.6 is 11.6 Å². The Morgan fingerprint density at radius 3 is 2.70 bits per heavy atom. The zero-order valence-electron chi connectivity index (χ0n) is 16.5. The number of hydrogen-bond acceptors (Lipinski definition) is 9. The molecule has 0 aliphatic rings. The summed E-state index contributed by atoms with van der Waals surface area (Å²) in [4.78, 5) is 27.9. The summed E-state index contributed by atoms with van der Waals surface area (Å²) >= 11 is 5.87. The number of carbonyl (C=O) groups is 1. The number of benzene rings is 1. The number of halogens is 1. The molecule has 1 aromatic carbocycles. The molecule has 0 aliphatic carbocycles. The van der Waals surface area contributed by atoms with Gasteiger partial charge in [0.2, 0.25) is 5.82 Å². The number of aromatic nitrogens is 1.